The lowest BCUT2D eigenvalue weighted by Crippen LogP contribution is -2.42. The summed E-state index contributed by atoms with van der Waals surface area (Å²) in [6.45, 7) is 1.33. The molecule has 1 amide bonds. The molecule has 7 nitrogen and oxygen atoms in total. The molecule has 0 N–H and O–H groups in total. The van der Waals surface area contributed by atoms with E-state index >= 15 is 0 Å². The van der Waals surface area contributed by atoms with Crippen molar-refractivity contribution in [2.75, 3.05) is 20.2 Å². The average Bonchev–Trinajstić information content (AvgIpc) is 2.91. The average molecular weight is 484 g/mol. The van der Waals surface area contributed by atoms with Crippen molar-refractivity contribution < 1.29 is 14.3 Å². The van der Waals surface area contributed by atoms with E-state index in [1.807, 2.05) is 66.7 Å². The number of carbonyl (C=O) groups excluding carboxylic acids is 1. The van der Waals surface area contributed by atoms with Crippen LogP contribution >= 0.6 is 0 Å². The van der Waals surface area contributed by atoms with Crippen LogP contribution in [0, 0.1) is 0 Å². The first-order chi connectivity index (χ1) is 17.6. The number of aryl methyl sites for hydroxylation is 3. The summed E-state index contributed by atoms with van der Waals surface area (Å²) in [7, 11) is 1.75. The van der Waals surface area contributed by atoms with Gasteiger partial charge in [-0.2, -0.15) is 0 Å². The molecule has 1 aliphatic heterocycles. The standard InChI is InChI=1S/C29H29N3O4/c1-31(19-22-20-35-26-13-7-8-14-27(26)36-22)28(33)16-15-24-29(34)32(18-17-21-9-3-2-4-10-21)25-12-6-5-11-23(25)30-24/h2-14,22H,15-20H2,1H3. The van der Waals surface area contributed by atoms with Gasteiger partial charge in [0.05, 0.1) is 17.6 Å². The molecule has 4 aromatic rings. The lowest BCUT2D eigenvalue weighted by Gasteiger charge is -2.29. The molecule has 0 fully saturated rings. The van der Waals surface area contributed by atoms with Crippen molar-refractivity contribution >= 4 is 16.9 Å². The fourth-order valence-corrected chi connectivity index (χ4v) is 4.49. The predicted octanol–water partition coefficient (Wildman–Crippen LogP) is 3.87. The van der Waals surface area contributed by atoms with Crippen molar-refractivity contribution in [2.24, 2.45) is 0 Å². The van der Waals surface area contributed by atoms with Crippen LogP contribution in [0.3, 0.4) is 0 Å². The quantitative estimate of drug-likeness (QED) is 0.380. The van der Waals surface area contributed by atoms with Gasteiger partial charge in [-0.3, -0.25) is 9.59 Å². The zero-order valence-corrected chi connectivity index (χ0v) is 20.3. The van der Waals surface area contributed by atoms with E-state index < -0.39 is 0 Å². The molecule has 1 aliphatic rings. The summed E-state index contributed by atoms with van der Waals surface area (Å²) in [5, 5.41) is 0. The minimum atomic E-state index is -0.247. The van der Waals surface area contributed by atoms with E-state index in [0.717, 1.165) is 17.5 Å². The van der Waals surface area contributed by atoms with Gasteiger partial charge in [-0.15, -0.1) is 0 Å². The molecule has 0 saturated carbocycles. The largest absolute Gasteiger partial charge is 0.486 e. The van der Waals surface area contributed by atoms with Crippen LogP contribution in [0.2, 0.25) is 0 Å². The molecule has 1 unspecified atom stereocenters. The van der Waals surface area contributed by atoms with Crippen molar-refractivity contribution in [3.63, 3.8) is 0 Å². The Balaban J connectivity index is 1.26. The number of benzene rings is 3. The number of carbonyl (C=O) groups is 1. The number of para-hydroxylation sites is 4. The summed E-state index contributed by atoms with van der Waals surface area (Å²) in [6, 6.07) is 25.3. The van der Waals surface area contributed by atoms with Crippen LogP contribution < -0.4 is 15.0 Å². The molecule has 5 rings (SSSR count). The number of nitrogens with zero attached hydrogens (tertiary/aromatic N) is 3. The van der Waals surface area contributed by atoms with Crippen molar-refractivity contribution in [3.8, 4) is 11.5 Å². The molecular weight excluding hydrogens is 454 g/mol. The van der Waals surface area contributed by atoms with Crippen LogP contribution in [-0.4, -0.2) is 46.7 Å². The number of ether oxygens (including phenoxy) is 2. The number of hydrogen-bond acceptors (Lipinski definition) is 5. The lowest BCUT2D eigenvalue weighted by atomic mass is 10.1. The first-order valence-electron chi connectivity index (χ1n) is 12.2. The third-order valence-corrected chi connectivity index (χ3v) is 6.43. The maximum Gasteiger partial charge on any atom is 0.272 e. The molecule has 7 heteroatoms. The first-order valence-corrected chi connectivity index (χ1v) is 12.2. The zero-order valence-electron chi connectivity index (χ0n) is 20.3. The zero-order chi connectivity index (χ0) is 24.9. The Morgan fingerprint density at radius 1 is 0.972 bits per heavy atom. The van der Waals surface area contributed by atoms with Gasteiger partial charge in [-0.05, 0) is 36.2 Å². The molecule has 1 atom stereocenters. The van der Waals surface area contributed by atoms with Gasteiger partial charge in [0.1, 0.15) is 12.3 Å². The summed E-state index contributed by atoms with van der Waals surface area (Å²) < 4.78 is 13.5. The Hall–Kier alpha value is -4.13. The summed E-state index contributed by atoms with van der Waals surface area (Å²) in [6.07, 6.45) is 0.966. The molecule has 3 aromatic carbocycles. The van der Waals surface area contributed by atoms with E-state index in [2.05, 4.69) is 17.1 Å². The Bertz CT molecular complexity index is 1420. The maximum absolute atomic E-state index is 13.4. The van der Waals surface area contributed by atoms with E-state index in [0.29, 0.717) is 36.9 Å². The number of fused-ring (bicyclic) bond motifs is 2. The van der Waals surface area contributed by atoms with Crippen LogP contribution in [0.5, 0.6) is 11.5 Å². The van der Waals surface area contributed by atoms with Crippen molar-refractivity contribution in [1.82, 2.24) is 14.5 Å². The molecule has 184 valence electrons. The minimum Gasteiger partial charge on any atom is -0.486 e. The minimum absolute atomic E-state index is 0.0670. The van der Waals surface area contributed by atoms with Crippen molar-refractivity contribution in [2.45, 2.75) is 31.9 Å². The van der Waals surface area contributed by atoms with Crippen LogP contribution in [0.25, 0.3) is 11.0 Å². The second kappa shape index (κ2) is 10.6. The molecule has 2 heterocycles. The van der Waals surface area contributed by atoms with E-state index in [1.165, 1.54) is 5.56 Å². The normalized spacial score (nSPS) is 14.5. The summed E-state index contributed by atoms with van der Waals surface area (Å²) in [5.41, 5.74) is 3.00. The van der Waals surface area contributed by atoms with Gasteiger partial charge >= 0.3 is 0 Å². The van der Waals surface area contributed by atoms with Crippen LogP contribution in [0.15, 0.2) is 83.7 Å². The van der Waals surface area contributed by atoms with E-state index in [4.69, 9.17) is 9.47 Å². The molecule has 0 spiro atoms. The Labute approximate surface area is 209 Å². The van der Waals surface area contributed by atoms with Crippen LogP contribution in [0.1, 0.15) is 17.7 Å². The van der Waals surface area contributed by atoms with Gasteiger partial charge in [-0.25, -0.2) is 4.98 Å². The van der Waals surface area contributed by atoms with Gasteiger partial charge in [0.2, 0.25) is 5.91 Å². The number of rotatable bonds is 8. The van der Waals surface area contributed by atoms with Crippen molar-refractivity contribution in [3.05, 3.63) is 100 Å². The molecule has 0 saturated heterocycles. The van der Waals surface area contributed by atoms with Gasteiger partial charge in [-0.1, -0.05) is 54.6 Å². The van der Waals surface area contributed by atoms with Crippen LogP contribution in [-0.2, 0) is 24.2 Å². The van der Waals surface area contributed by atoms with Crippen LogP contribution in [0.4, 0.5) is 0 Å². The van der Waals surface area contributed by atoms with E-state index in [1.54, 1.807) is 16.5 Å². The molecule has 0 radical (unpaired) electrons. The second-order valence-electron chi connectivity index (χ2n) is 9.01. The van der Waals surface area contributed by atoms with Crippen molar-refractivity contribution in [1.29, 1.82) is 0 Å². The number of likely N-dealkylation sites (N-methyl/N-ethyl adjacent to an activating group) is 1. The molecular formula is C29H29N3O4. The predicted molar refractivity (Wildman–Crippen MR) is 138 cm³/mol. The molecule has 1 aromatic heterocycles. The highest BCUT2D eigenvalue weighted by molar-refractivity contribution is 5.77. The topological polar surface area (TPSA) is 73.7 Å². The molecule has 0 bridgehead atoms. The summed E-state index contributed by atoms with van der Waals surface area (Å²) in [5.74, 6) is 1.34. The fraction of sp³-hybridized carbons (Fsp3) is 0.276. The summed E-state index contributed by atoms with van der Waals surface area (Å²) in [4.78, 5) is 32.5. The Morgan fingerprint density at radius 3 is 2.53 bits per heavy atom. The maximum atomic E-state index is 13.4. The van der Waals surface area contributed by atoms with E-state index in [-0.39, 0.29) is 30.4 Å². The number of aromatic nitrogens is 2. The molecule has 0 aliphatic carbocycles. The first kappa shape index (κ1) is 23.6. The highest BCUT2D eigenvalue weighted by Crippen LogP contribution is 2.31. The van der Waals surface area contributed by atoms with E-state index in [9.17, 15) is 9.59 Å². The Kier molecular flexibility index (Phi) is 6.98. The lowest BCUT2D eigenvalue weighted by molar-refractivity contribution is -0.131. The van der Waals surface area contributed by atoms with Gasteiger partial charge in [0.15, 0.2) is 17.6 Å². The number of amides is 1. The Morgan fingerprint density at radius 2 is 1.69 bits per heavy atom. The fourth-order valence-electron chi connectivity index (χ4n) is 4.49. The highest BCUT2D eigenvalue weighted by atomic mass is 16.6. The highest BCUT2D eigenvalue weighted by Gasteiger charge is 2.24. The SMILES string of the molecule is CN(CC1COc2ccccc2O1)C(=O)CCc1nc2ccccc2n(CCc2ccccc2)c1=O. The molecule has 36 heavy (non-hydrogen) atoms. The number of hydrogen-bond donors (Lipinski definition) is 0. The smallest absolute Gasteiger partial charge is 0.272 e. The summed E-state index contributed by atoms with van der Waals surface area (Å²) >= 11 is 0. The monoisotopic (exact) mass is 483 g/mol. The van der Waals surface area contributed by atoms with Gasteiger partial charge in [0, 0.05) is 26.4 Å². The van der Waals surface area contributed by atoms with Gasteiger partial charge < -0.3 is 18.9 Å². The third kappa shape index (κ3) is 5.25. The van der Waals surface area contributed by atoms with Gasteiger partial charge in [0.25, 0.3) is 5.56 Å². The second-order valence-corrected chi connectivity index (χ2v) is 9.01. The third-order valence-electron chi connectivity index (χ3n) is 6.43.